The Bertz CT molecular complexity index is 295. The predicted octanol–water partition coefficient (Wildman–Crippen LogP) is 1.03. The normalized spacial score (nSPS) is 24.2. The molecule has 1 heterocycles. The topological polar surface area (TPSA) is 55.5 Å². The number of amides is 1. The number of nitrogens with zero attached hydrogens (tertiary/aromatic N) is 2. The average Bonchev–Trinajstić information content (AvgIpc) is 2.11. The van der Waals surface area contributed by atoms with Gasteiger partial charge >= 0.3 is 0 Å². The van der Waals surface area contributed by atoms with Crippen LogP contribution in [0.15, 0.2) is 0 Å². The maximum absolute atomic E-state index is 12.2. The predicted molar refractivity (Wildman–Crippen MR) is 70.4 cm³/mol. The zero-order valence-electron chi connectivity index (χ0n) is 12.4. The zero-order valence-corrected chi connectivity index (χ0v) is 12.4. The third kappa shape index (κ3) is 3.67. The smallest absolute Gasteiger partial charge is 0.234 e. The number of carbonyl (C=O) groups excluding carboxylic acids is 1. The third-order valence-corrected chi connectivity index (χ3v) is 3.42. The Morgan fingerprint density at radius 2 is 1.67 bits per heavy atom. The average molecular weight is 256 g/mol. The summed E-state index contributed by atoms with van der Waals surface area (Å²) in [5, 5.41) is 16.4. The summed E-state index contributed by atoms with van der Waals surface area (Å²) in [6.45, 7) is 8.13. The Kier molecular flexibility index (Phi) is 4.41. The van der Waals surface area contributed by atoms with Crippen LogP contribution >= 0.6 is 0 Å². The molecule has 1 amide bonds. The van der Waals surface area contributed by atoms with Gasteiger partial charge in [-0.15, -0.1) is 10.3 Å². The second kappa shape index (κ2) is 5.15. The van der Waals surface area contributed by atoms with Crippen LogP contribution in [0.5, 0.6) is 0 Å². The van der Waals surface area contributed by atoms with Crippen LogP contribution in [0.3, 0.4) is 0 Å². The molecule has 1 aliphatic heterocycles. The molecule has 1 saturated heterocycles. The Balaban J connectivity index is 2.67. The molecule has 1 radical (unpaired) electrons. The van der Waals surface area contributed by atoms with Crippen LogP contribution in [0.25, 0.3) is 0 Å². The fraction of sp³-hybridized carbons (Fsp3) is 0.923. The van der Waals surface area contributed by atoms with Crippen LogP contribution in [0, 0.1) is 0 Å². The van der Waals surface area contributed by atoms with Crippen LogP contribution in [0.1, 0.15) is 40.5 Å². The van der Waals surface area contributed by atoms with Gasteiger partial charge in [-0.2, -0.15) is 0 Å². The number of nitrogens with one attached hydrogen (secondary N) is 1. The molecule has 1 rings (SSSR count). The number of piperidine rings is 1. The highest BCUT2D eigenvalue weighted by atomic mass is 16.5. The van der Waals surface area contributed by atoms with Gasteiger partial charge in [0.2, 0.25) is 5.91 Å². The lowest BCUT2D eigenvalue weighted by Crippen LogP contribution is -2.62. The van der Waals surface area contributed by atoms with E-state index < -0.39 is 11.1 Å². The fourth-order valence-corrected chi connectivity index (χ4v) is 2.93. The van der Waals surface area contributed by atoms with Crippen molar-refractivity contribution in [1.82, 2.24) is 15.3 Å². The summed E-state index contributed by atoms with van der Waals surface area (Å²) in [4.78, 5) is 13.6. The van der Waals surface area contributed by atoms with E-state index in [-0.39, 0.29) is 11.9 Å². The number of hydrogen-bond acceptors (Lipinski definition) is 3. The van der Waals surface area contributed by atoms with Crippen molar-refractivity contribution in [3.05, 3.63) is 0 Å². The van der Waals surface area contributed by atoms with Gasteiger partial charge in [0, 0.05) is 17.1 Å². The van der Waals surface area contributed by atoms with E-state index in [1.165, 1.54) is 5.06 Å². The number of rotatable bonds is 3. The van der Waals surface area contributed by atoms with Crippen molar-refractivity contribution in [3.8, 4) is 0 Å². The van der Waals surface area contributed by atoms with Gasteiger partial charge in [0.05, 0.1) is 6.54 Å². The van der Waals surface area contributed by atoms with Gasteiger partial charge in [-0.1, -0.05) is 0 Å². The van der Waals surface area contributed by atoms with E-state index in [9.17, 15) is 10.0 Å². The van der Waals surface area contributed by atoms with Crippen molar-refractivity contribution >= 4 is 5.91 Å². The van der Waals surface area contributed by atoms with Crippen molar-refractivity contribution < 1.29 is 10.0 Å². The molecule has 0 unspecified atom stereocenters. The van der Waals surface area contributed by atoms with Crippen LogP contribution in [0.2, 0.25) is 0 Å². The van der Waals surface area contributed by atoms with Gasteiger partial charge in [-0.25, -0.2) is 0 Å². The molecule has 105 valence electrons. The summed E-state index contributed by atoms with van der Waals surface area (Å²) in [6.07, 6.45) is 1.39. The number of carbonyl (C=O) groups is 1. The fourth-order valence-electron chi connectivity index (χ4n) is 2.93. The van der Waals surface area contributed by atoms with Crippen LogP contribution in [0.4, 0.5) is 0 Å². The lowest BCUT2D eigenvalue weighted by molar-refractivity contribution is -0.290. The molecule has 1 aliphatic rings. The zero-order chi connectivity index (χ0) is 14.1. The monoisotopic (exact) mass is 256 g/mol. The first kappa shape index (κ1) is 15.4. The van der Waals surface area contributed by atoms with E-state index in [1.807, 2.05) is 46.7 Å². The summed E-state index contributed by atoms with van der Waals surface area (Å²) >= 11 is 0. The van der Waals surface area contributed by atoms with Gasteiger partial charge in [0.25, 0.3) is 0 Å². The second-order valence-electron chi connectivity index (χ2n) is 6.83. The third-order valence-electron chi connectivity index (χ3n) is 3.42. The summed E-state index contributed by atoms with van der Waals surface area (Å²) in [5.41, 5.74) is -0.865. The SMILES string of the molecule is CN(C)CC(=O)NC1CC(C)(C)N([O])C(C)(C)C1. The minimum Gasteiger partial charge on any atom is -0.352 e. The van der Waals surface area contributed by atoms with Gasteiger partial charge < -0.3 is 10.2 Å². The van der Waals surface area contributed by atoms with E-state index in [1.54, 1.807) is 0 Å². The maximum Gasteiger partial charge on any atom is 0.234 e. The van der Waals surface area contributed by atoms with E-state index in [0.717, 1.165) is 0 Å². The molecule has 5 heteroatoms. The summed E-state index contributed by atoms with van der Waals surface area (Å²) < 4.78 is 0. The maximum atomic E-state index is 12.2. The van der Waals surface area contributed by atoms with Crippen molar-refractivity contribution in [2.45, 2.75) is 57.7 Å². The van der Waals surface area contributed by atoms with Crippen molar-refractivity contribution in [1.29, 1.82) is 0 Å². The minimum absolute atomic E-state index is 0.0240. The van der Waals surface area contributed by atoms with Gasteiger partial charge in [-0.3, -0.25) is 4.79 Å². The molecule has 0 aliphatic carbocycles. The summed E-state index contributed by atoms with van der Waals surface area (Å²) in [5.74, 6) is 0.0240. The molecule has 0 aromatic rings. The van der Waals surface area contributed by atoms with Crippen LogP contribution in [-0.4, -0.2) is 53.6 Å². The lowest BCUT2D eigenvalue weighted by Gasteiger charge is -2.50. The molecule has 1 N–H and O–H groups in total. The Hall–Kier alpha value is -0.650. The first-order chi connectivity index (χ1) is 8.04. The van der Waals surface area contributed by atoms with E-state index >= 15 is 0 Å². The quantitative estimate of drug-likeness (QED) is 0.820. The van der Waals surface area contributed by atoms with Crippen molar-refractivity contribution in [2.24, 2.45) is 0 Å². The molecule has 0 aromatic heterocycles. The minimum atomic E-state index is -0.433. The Morgan fingerprint density at radius 3 is 2.06 bits per heavy atom. The number of hydroxylamine groups is 2. The molecular formula is C13H26N3O2. The van der Waals surface area contributed by atoms with E-state index in [2.05, 4.69) is 5.32 Å². The molecule has 1 fully saturated rings. The summed E-state index contributed by atoms with van der Waals surface area (Å²) in [7, 11) is 3.74. The first-order valence-corrected chi connectivity index (χ1v) is 6.46. The lowest BCUT2D eigenvalue weighted by atomic mass is 9.79. The van der Waals surface area contributed by atoms with Crippen LogP contribution < -0.4 is 5.32 Å². The molecule has 0 saturated carbocycles. The van der Waals surface area contributed by atoms with Crippen molar-refractivity contribution in [3.63, 3.8) is 0 Å². The standard InChI is InChI=1S/C13H26N3O2/c1-12(2)7-10(8-13(3,4)16(12)18)14-11(17)9-15(5)6/h10H,7-9H2,1-6H3,(H,14,17). The van der Waals surface area contributed by atoms with Crippen LogP contribution in [-0.2, 0) is 10.0 Å². The van der Waals surface area contributed by atoms with E-state index in [0.29, 0.717) is 19.4 Å². The summed E-state index contributed by atoms with van der Waals surface area (Å²) in [6, 6.07) is 0.0765. The Labute approximate surface area is 110 Å². The van der Waals surface area contributed by atoms with E-state index in [4.69, 9.17) is 0 Å². The second-order valence-corrected chi connectivity index (χ2v) is 6.83. The number of likely N-dealkylation sites (N-methyl/N-ethyl adjacent to an activating group) is 1. The largest absolute Gasteiger partial charge is 0.352 e. The molecule has 0 spiro atoms. The van der Waals surface area contributed by atoms with Gasteiger partial charge in [-0.05, 0) is 54.6 Å². The number of hydrogen-bond donors (Lipinski definition) is 1. The molecule has 18 heavy (non-hydrogen) atoms. The molecule has 0 bridgehead atoms. The molecule has 0 atom stereocenters. The molecular weight excluding hydrogens is 230 g/mol. The first-order valence-electron chi connectivity index (χ1n) is 6.46. The van der Waals surface area contributed by atoms with Gasteiger partial charge in [0.1, 0.15) is 0 Å². The highest BCUT2D eigenvalue weighted by Gasteiger charge is 2.46. The highest BCUT2D eigenvalue weighted by molar-refractivity contribution is 5.78. The van der Waals surface area contributed by atoms with Crippen molar-refractivity contribution in [2.75, 3.05) is 20.6 Å². The highest BCUT2D eigenvalue weighted by Crippen LogP contribution is 2.36. The molecule has 5 nitrogen and oxygen atoms in total. The van der Waals surface area contributed by atoms with Gasteiger partial charge in [0.15, 0.2) is 0 Å². The Morgan fingerprint density at radius 1 is 1.22 bits per heavy atom. The molecule has 0 aromatic carbocycles.